The van der Waals surface area contributed by atoms with Crippen LogP contribution in [-0.2, 0) is 11.3 Å². The Bertz CT molecular complexity index is 1260. The monoisotopic (exact) mass is 444 g/mol. The number of fused-ring (bicyclic) bond motifs is 1. The lowest BCUT2D eigenvalue weighted by Gasteiger charge is -2.22. The summed E-state index contributed by atoms with van der Waals surface area (Å²) in [5.74, 6) is -0.371. The zero-order valence-corrected chi connectivity index (χ0v) is 18.3. The molecule has 7 heteroatoms. The molecule has 1 amide bonds. The van der Waals surface area contributed by atoms with Crippen molar-refractivity contribution in [2.75, 3.05) is 4.72 Å². The highest BCUT2D eigenvalue weighted by atomic mass is 32.2. The third kappa shape index (κ3) is 4.54. The average molecular weight is 445 g/mol. The van der Waals surface area contributed by atoms with Crippen LogP contribution < -0.4 is 10.0 Å². The number of rotatable bonds is 7. The minimum absolute atomic E-state index is 0.156. The average Bonchev–Trinajstić information content (AvgIpc) is 2.82. The van der Waals surface area contributed by atoms with E-state index in [4.69, 9.17) is 0 Å². The van der Waals surface area contributed by atoms with Crippen molar-refractivity contribution in [3.8, 4) is 11.3 Å². The Kier molecular flexibility index (Phi) is 6.58. The molecule has 0 radical (unpaired) electrons. The number of amides is 1. The molecular weight excluding hydrogens is 422 g/mol. The quantitative estimate of drug-likeness (QED) is 0.393. The van der Waals surface area contributed by atoms with Gasteiger partial charge in [-0.1, -0.05) is 85.8 Å². The van der Waals surface area contributed by atoms with Crippen molar-refractivity contribution in [3.63, 3.8) is 0 Å². The number of hydrogen-bond acceptors (Lipinski definition) is 4. The Morgan fingerprint density at radius 1 is 0.969 bits per heavy atom. The van der Waals surface area contributed by atoms with Gasteiger partial charge in [0.2, 0.25) is 0 Å². The second kappa shape index (κ2) is 9.72. The molecule has 0 saturated heterocycles. The molecule has 0 aliphatic carbocycles. The van der Waals surface area contributed by atoms with Gasteiger partial charge in [0.05, 0.1) is 28.5 Å². The first kappa shape index (κ1) is 21.7. The summed E-state index contributed by atoms with van der Waals surface area (Å²) in [6, 6.07) is 25.9. The molecule has 4 aromatic rings. The predicted octanol–water partition coefficient (Wildman–Crippen LogP) is 4.99. The zero-order chi connectivity index (χ0) is 22.5. The molecule has 3 aromatic carbocycles. The molecule has 1 unspecified atom stereocenters. The molecular formula is C25H22N3O3S-. The number of nitrogens with zero attached hydrogens (tertiary/aromatic N) is 1. The van der Waals surface area contributed by atoms with Gasteiger partial charge in [-0.15, -0.1) is 0 Å². The summed E-state index contributed by atoms with van der Waals surface area (Å²) in [6.45, 7) is 1.99. The standard InChI is InChI=1S/C25H23N3O3S/c1-2-20(17-11-5-3-6-12-17)27-25(29)22-19-15-9-10-16-21(19)26-23(24(22)28-32(30)31)18-13-7-4-8-14-18/h3-16,20,28H,2H2,1H3,(H,27,29)(H,30,31)/p-1/t20-/m0/s1. The molecule has 0 fully saturated rings. The van der Waals surface area contributed by atoms with Crippen LogP contribution in [0.4, 0.5) is 5.69 Å². The van der Waals surface area contributed by atoms with Crippen molar-refractivity contribution in [3.05, 3.63) is 96.1 Å². The van der Waals surface area contributed by atoms with Gasteiger partial charge >= 0.3 is 0 Å². The number of anilines is 1. The van der Waals surface area contributed by atoms with Gasteiger partial charge in [0.15, 0.2) is 0 Å². The maximum absolute atomic E-state index is 13.6. The van der Waals surface area contributed by atoms with E-state index in [-0.39, 0.29) is 23.2 Å². The molecule has 2 N–H and O–H groups in total. The first-order valence-electron chi connectivity index (χ1n) is 10.3. The third-order valence-electron chi connectivity index (χ3n) is 5.27. The Labute approximate surface area is 189 Å². The summed E-state index contributed by atoms with van der Waals surface area (Å²) in [5, 5.41) is 3.65. The lowest BCUT2D eigenvalue weighted by molar-refractivity contribution is 0.0938. The first-order chi connectivity index (χ1) is 15.6. The smallest absolute Gasteiger partial charge is 0.254 e. The Morgan fingerprint density at radius 2 is 1.59 bits per heavy atom. The van der Waals surface area contributed by atoms with Crippen LogP contribution in [0.15, 0.2) is 84.9 Å². The molecule has 2 atom stereocenters. The number of carbonyl (C=O) groups is 1. The van der Waals surface area contributed by atoms with Gasteiger partial charge in [0.1, 0.15) is 0 Å². The molecule has 0 spiro atoms. The van der Waals surface area contributed by atoms with E-state index in [9.17, 15) is 13.6 Å². The third-order valence-corrected chi connectivity index (χ3v) is 5.64. The highest BCUT2D eigenvalue weighted by Crippen LogP contribution is 2.35. The highest BCUT2D eigenvalue weighted by molar-refractivity contribution is 7.80. The van der Waals surface area contributed by atoms with E-state index < -0.39 is 11.3 Å². The van der Waals surface area contributed by atoms with Gasteiger partial charge < -0.3 is 14.6 Å². The Hall–Kier alpha value is -3.55. The fourth-order valence-electron chi connectivity index (χ4n) is 3.77. The summed E-state index contributed by atoms with van der Waals surface area (Å²) in [4.78, 5) is 18.3. The van der Waals surface area contributed by atoms with Crippen molar-refractivity contribution < 1.29 is 13.6 Å². The zero-order valence-electron chi connectivity index (χ0n) is 17.4. The lowest BCUT2D eigenvalue weighted by atomic mass is 9.99. The van der Waals surface area contributed by atoms with Crippen LogP contribution in [0.3, 0.4) is 0 Å². The minimum atomic E-state index is -2.64. The van der Waals surface area contributed by atoms with Crippen molar-refractivity contribution in [2.24, 2.45) is 0 Å². The van der Waals surface area contributed by atoms with Crippen molar-refractivity contribution in [2.45, 2.75) is 19.4 Å². The fraction of sp³-hybridized carbons (Fsp3) is 0.120. The van der Waals surface area contributed by atoms with Crippen LogP contribution in [0.5, 0.6) is 0 Å². The van der Waals surface area contributed by atoms with Crippen LogP contribution in [0.25, 0.3) is 22.2 Å². The number of pyridine rings is 1. The Balaban J connectivity index is 1.90. The predicted molar refractivity (Wildman–Crippen MR) is 127 cm³/mol. The second-order valence-corrected chi connectivity index (χ2v) is 7.95. The molecule has 0 saturated carbocycles. The molecule has 0 aliphatic heterocycles. The number of benzene rings is 3. The lowest BCUT2D eigenvalue weighted by Crippen LogP contribution is -2.29. The molecule has 162 valence electrons. The SMILES string of the molecule is CC[C@H](NC(=O)c1c(NS(=O)[O-])c(-c2ccccc2)nc2ccccc12)c1ccccc1. The maximum atomic E-state index is 13.6. The van der Waals surface area contributed by atoms with E-state index in [0.29, 0.717) is 28.6 Å². The van der Waals surface area contributed by atoms with Crippen LogP contribution in [0.1, 0.15) is 35.3 Å². The number of carbonyl (C=O) groups excluding carboxylic acids is 1. The molecule has 1 aromatic heterocycles. The normalized spacial score (nSPS) is 12.8. The summed E-state index contributed by atoms with van der Waals surface area (Å²) < 4.78 is 25.8. The number of hydrogen-bond donors (Lipinski definition) is 2. The van der Waals surface area contributed by atoms with E-state index >= 15 is 0 Å². The van der Waals surface area contributed by atoms with E-state index in [2.05, 4.69) is 15.0 Å². The van der Waals surface area contributed by atoms with Gasteiger partial charge in [-0.3, -0.25) is 9.00 Å². The van der Waals surface area contributed by atoms with Gasteiger partial charge in [-0.25, -0.2) is 4.98 Å². The van der Waals surface area contributed by atoms with Gasteiger partial charge in [-0.2, -0.15) is 0 Å². The Morgan fingerprint density at radius 3 is 2.25 bits per heavy atom. The molecule has 6 nitrogen and oxygen atoms in total. The molecule has 0 aliphatic rings. The van der Waals surface area contributed by atoms with Gasteiger partial charge in [0.25, 0.3) is 5.91 Å². The maximum Gasteiger partial charge on any atom is 0.254 e. The van der Waals surface area contributed by atoms with E-state index in [1.54, 1.807) is 12.1 Å². The van der Waals surface area contributed by atoms with Crippen molar-refractivity contribution in [1.29, 1.82) is 0 Å². The topological polar surface area (TPSA) is 94.2 Å². The minimum Gasteiger partial charge on any atom is -0.755 e. The van der Waals surface area contributed by atoms with E-state index in [1.807, 2.05) is 79.7 Å². The molecule has 0 bridgehead atoms. The van der Waals surface area contributed by atoms with Gasteiger partial charge in [0, 0.05) is 22.2 Å². The van der Waals surface area contributed by atoms with E-state index in [1.165, 1.54) is 0 Å². The van der Waals surface area contributed by atoms with Crippen molar-refractivity contribution >= 4 is 33.8 Å². The number of nitrogens with one attached hydrogen (secondary N) is 2. The number of para-hydroxylation sites is 1. The number of aromatic nitrogens is 1. The van der Waals surface area contributed by atoms with Crippen LogP contribution in [0, 0.1) is 0 Å². The highest BCUT2D eigenvalue weighted by Gasteiger charge is 2.24. The van der Waals surface area contributed by atoms with Crippen molar-refractivity contribution in [1.82, 2.24) is 10.3 Å². The molecule has 32 heavy (non-hydrogen) atoms. The fourth-order valence-corrected chi connectivity index (χ4v) is 4.14. The van der Waals surface area contributed by atoms with Gasteiger partial charge in [-0.05, 0) is 18.1 Å². The molecule has 4 rings (SSSR count). The van der Waals surface area contributed by atoms with E-state index in [0.717, 1.165) is 5.56 Å². The summed E-state index contributed by atoms with van der Waals surface area (Å²) >= 11 is -2.64. The summed E-state index contributed by atoms with van der Waals surface area (Å²) in [6.07, 6.45) is 0.681. The largest absolute Gasteiger partial charge is 0.755 e. The summed E-state index contributed by atoms with van der Waals surface area (Å²) in [7, 11) is 0. The first-order valence-corrected chi connectivity index (χ1v) is 11.4. The van der Waals surface area contributed by atoms with Crippen LogP contribution >= 0.6 is 0 Å². The van der Waals surface area contributed by atoms with Crippen LogP contribution in [-0.4, -0.2) is 19.7 Å². The second-order valence-electron chi connectivity index (χ2n) is 7.28. The summed E-state index contributed by atoms with van der Waals surface area (Å²) in [5.41, 5.74) is 3.08. The van der Waals surface area contributed by atoms with Crippen LogP contribution in [0.2, 0.25) is 0 Å². The molecule has 1 heterocycles.